The van der Waals surface area contributed by atoms with Gasteiger partial charge in [-0.1, -0.05) is 127 Å². The number of nitrogens with zero attached hydrogens (tertiary/aromatic N) is 4. The molecule has 0 aliphatic rings. The fraction of sp³-hybridized carbons (Fsp3) is 0. The second-order valence-corrected chi connectivity index (χ2v) is 11.6. The van der Waals surface area contributed by atoms with Gasteiger partial charge in [0.25, 0.3) is 0 Å². The van der Waals surface area contributed by atoms with Crippen molar-refractivity contribution in [1.29, 1.82) is 0 Å². The number of benzene rings is 6. The summed E-state index contributed by atoms with van der Waals surface area (Å²) < 4.78 is 1.51. The molecule has 5 nitrogen and oxygen atoms in total. The van der Waals surface area contributed by atoms with Crippen LogP contribution in [0.3, 0.4) is 0 Å². The molecule has 0 unspecified atom stereocenters. The highest BCUT2D eigenvalue weighted by Gasteiger charge is 2.15. The minimum atomic E-state index is -0.360. The third kappa shape index (κ3) is 5.77. The molecule has 2 aromatic heterocycles. The van der Waals surface area contributed by atoms with Gasteiger partial charge in [0.05, 0.1) is 0 Å². The molecular weight excluding hydrogens is 589 g/mol. The first-order chi connectivity index (χ1) is 23.7. The number of hydrogen-bond acceptors (Lipinski definition) is 4. The van der Waals surface area contributed by atoms with Crippen LogP contribution in [-0.4, -0.2) is 14.4 Å². The Bertz CT molecular complexity index is 2390. The quantitative estimate of drug-likeness (QED) is 0.178. The van der Waals surface area contributed by atoms with E-state index in [1.54, 1.807) is 0 Å². The van der Waals surface area contributed by atoms with Crippen LogP contribution in [0, 0.1) is 0 Å². The van der Waals surface area contributed by atoms with E-state index in [0.717, 1.165) is 39.3 Å². The molecule has 0 fully saturated rings. The van der Waals surface area contributed by atoms with E-state index in [2.05, 4.69) is 136 Å². The van der Waals surface area contributed by atoms with Crippen LogP contribution in [0.25, 0.3) is 50.4 Å². The fourth-order valence-electron chi connectivity index (χ4n) is 6.04. The van der Waals surface area contributed by atoms with Gasteiger partial charge in [0, 0.05) is 28.8 Å². The summed E-state index contributed by atoms with van der Waals surface area (Å²) in [5.41, 5.74) is 10.7. The smallest absolute Gasteiger partial charge is 0.310 e. The van der Waals surface area contributed by atoms with Gasteiger partial charge in [-0.15, -0.1) is 0 Å². The molecule has 0 atom stereocenters. The van der Waals surface area contributed by atoms with E-state index in [-0.39, 0.29) is 5.69 Å². The number of fused-ring (bicyclic) bond motifs is 1. The zero-order valence-electron chi connectivity index (χ0n) is 26.0. The van der Waals surface area contributed by atoms with Crippen LogP contribution < -0.4 is 10.6 Å². The summed E-state index contributed by atoms with van der Waals surface area (Å²) >= 11 is 0. The standard InChI is InChI=1S/C43H30N4O/c48-43-45-42(35-15-8-3-9-16-35)44-41-28-23-37(30-46(41)43)34-21-26-39(27-22-34)47(38-24-19-33(20-25-38)31-11-4-1-5-12-31)40-18-10-17-36(29-40)32-13-6-2-7-14-32/h1-30H. The maximum atomic E-state index is 13.1. The van der Waals surface area contributed by atoms with Crippen molar-refractivity contribution in [3.8, 4) is 44.8 Å². The zero-order valence-corrected chi connectivity index (χ0v) is 26.0. The molecular formula is C43H30N4O. The second-order valence-electron chi connectivity index (χ2n) is 11.6. The molecule has 6 aromatic carbocycles. The van der Waals surface area contributed by atoms with E-state index >= 15 is 0 Å². The topological polar surface area (TPSA) is 50.5 Å². The lowest BCUT2D eigenvalue weighted by molar-refractivity contribution is 0.949. The summed E-state index contributed by atoms with van der Waals surface area (Å²) in [4.78, 5) is 24.2. The van der Waals surface area contributed by atoms with Gasteiger partial charge in [0.15, 0.2) is 5.82 Å². The monoisotopic (exact) mass is 618 g/mol. The van der Waals surface area contributed by atoms with Gasteiger partial charge in [-0.05, 0) is 81.9 Å². The normalized spacial score (nSPS) is 11.0. The molecule has 0 N–H and O–H groups in total. The molecule has 5 heteroatoms. The van der Waals surface area contributed by atoms with E-state index in [0.29, 0.717) is 11.5 Å². The van der Waals surface area contributed by atoms with Crippen LogP contribution in [0.1, 0.15) is 0 Å². The lowest BCUT2D eigenvalue weighted by Crippen LogP contribution is -2.19. The SMILES string of the molecule is O=c1nc(-c2ccccc2)nc2ccc(-c3ccc(N(c4ccc(-c5ccccc5)cc4)c4cccc(-c5ccccc5)c4)cc3)cn12. The summed E-state index contributed by atoms with van der Waals surface area (Å²) in [6, 6.07) is 60.0. The predicted molar refractivity (Wildman–Crippen MR) is 196 cm³/mol. The first kappa shape index (κ1) is 28.9. The van der Waals surface area contributed by atoms with Crippen molar-refractivity contribution in [3.63, 3.8) is 0 Å². The van der Waals surface area contributed by atoms with Gasteiger partial charge < -0.3 is 4.90 Å². The van der Waals surface area contributed by atoms with Crippen molar-refractivity contribution in [2.75, 3.05) is 4.90 Å². The maximum Gasteiger partial charge on any atom is 0.355 e. The Morgan fingerprint density at radius 3 is 1.48 bits per heavy atom. The van der Waals surface area contributed by atoms with E-state index in [1.165, 1.54) is 21.1 Å². The Balaban J connectivity index is 1.16. The summed E-state index contributed by atoms with van der Waals surface area (Å²) in [6.07, 6.45) is 1.81. The molecule has 48 heavy (non-hydrogen) atoms. The van der Waals surface area contributed by atoms with Crippen molar-refractivity contribution in [3.05, 3.63) is 193 Å². The molecule has 0 aliphatic heterocycles. The van der Waals surface area contributed by atoms with Crippen LogP contribution in [-0.2, 0) is 0 Å². The molecule has 0 amide bonds. The Hall–Kier alpha value is -6.59. The molecule has 2 heterocycles. The number of rotatable bonds is 7. The molecule has 0 saturated heterocycles. The molecule has 228 valence electrons. The van der Waals surface area contributed by atoms with Gasteiger partial charge in [-0.25, -0.2) is 9.78 Å². The van der Waals surface area contributed by atoms with Gasteiger partial charge in [-0.3, -0.25) is 4.40 Å². The molecule has 0 bridgehead atoms. The number of hydrogen-bond donors (Lipinski definition) is 0. The van der Waals surface area contributed by atoms with E-state index in [9.17, 15) is 4.79 Å². The number of pyridine rings is 1. The lowest BCUT2D eigenvalue weighted by Gasteiger charge is -2.26. The van der Waals surface area contributed by atoms with Gasteiger partial charge in [0.2, 0.25) is 0 Å². The molecule has 8 aromatic rings. The second kappa shape index (κ2) is 12.7. The summed E-state index contributed by atoms with van der Waals surface area (Å²) in [5, 5.41) is 0. The summed E-state index contributed by atoms with van der Waals surface area (Å²) in [5.74, 6) is 0.422. The Morgan fingerprint density at radius 2 is 0.875 bits per heavy atom. The number of aromatic nitrogens is 3. The third-order valence-electron chi connectivity index (χ3n) is 8.49. The summed E-state index contributed by atoms with van der Waals surface area (Å²) in [6.45, 7) is 0. The first-order valence-corrected chi connectivity index (χ1v) is 15.9. The number of anilines is 3. The van der Waals surface area contributed by atoms with E-state index in [1.807, 2.05) is 60.8 Å². The predicted octanol–water partition coefficient (Wildman–Crippen LogP) is 10.2. The Morgan fingerprint density at radius 1 is 0.396 bits per heavy atom. The van der Waals surface area contributed by atoms with Gasteiger partial charge >= 0.3 is 5.69 Å². The highest BCUT2D eigenvalue weighted by Crippen LogP contribution is 2.38. The van der Waals surface area contributed by atoms with Crippen LogP contribution in [0.2, 0.25) is 0 Å². The van der Waals surface area contributed by atoms with Crippen LogP contribution in [0.4, 0.5) is 17.1 Å². The molecule has 0 radical (unpaired) electrons. The van der Waals surface area contributed by atoms with Crippen LogP contribution in [0.15, 0.2) is 187 Å². The largest absolute Gasteiger partial charge is 0.355 e. The van der Waals surface area contributed by atoms with Crippen molar-refractivity contribution in [2.24, 2.45) is 0 Å². The van der Waals surface area contributed by atoms with Crippen LogP contribution in [0.5, 0.6) is 0 Å². The summed E-state index contributed by atoms with van der Waals surface area (Å²) in [7, 11) is 0. The average Bonchev–Trinajstić information content (AvgIpc) is 3.16. The maximum absolute atomic E-state index is 13.1. The molecule has 0 saturated carbocycles. The van der Waals surface area contributed by atoms with Gasteiger partial charge in [0.1, 0.15) is 5.65 Å². The Labute approximate surface area is 278 Å². The van der Waals surface area contributed by atoms with Crippen molar-refractivity contribution >= 4 is 22.7 Å². The zero-order chi connectivity index (χ0) is 32.3. The molecule has 0 aliphatic carbocycles. The first-order valence-electron chi connectivity index (χ1n) is 15.9. The third-order valence-corrected chi connectivity index (χ3v) is 8.49. The highest BCUT2D eigenvalue weighted by molar-refractivity contribution is 5.82. The Kier molecular flexibility index (Phi) is 7.61. The van der Waals surface area contributed by atoms with Gasteiger partial charge in [-0.2, -0.15) is 4.98 Å². The van der Waals surface area contributed by atoms with Crippen molar-refractivity contribution < 1.29 is 0 Å². The molecule has 8 rings (SSSR count). The van der Waals surface area contributed by atoms with Crippen LogP contribution >= 0.6 is 0 Å². The fourth-order valence-corrected chi connectivity index (χ4v) is 6.04. The van der Waals surface area contributed by atoms with Crippen molar-refractivity contribution in [1.82, 2.24) is 14.4 Å². The van der Waals surface area contributed by atoms with Crippen molar-refractivity contribution in [2.45, 2.75) is 0 Å². The molecule has 0 spiro atoms. The van der Waals surface area contributed by atoms with E-state index in [4.69, 9.17) is 0 Å². The average molecular weight is 619 g/mol. The minimum absolute atomic E-state index is 0.360. The minimum Gasteiger partial charge on any atom is -0.310 e. The van der Waals surface area contributed by atoms with E-state index < -0.39 is 0 Å². The lowest BCUT2D eigenvalue weighted by atomic mass is 10.0. The highest BCUT2D eigenvalue weighted by atomic mass is 16.1.